The van der Waals surface area contributed by atoms with Crippen molar-refractivity contribution in [3.05, 3.63) is 28.5 Å². The fraction of sp³-hybridized carbons (Fsp3) is 0.462. The maximum absolute atomic E-state index is 13.8. The van der Waals surface area contributed by atoms with Crippen LogP contribution in [0.2, 0.25) is 0 Å². The summed E-state index contributed by atoms with van der Waals surface area (Å²) in [7, 11) is -4.08. The van der Waals surface area contributed by atoms with E-state index in [4.69, 9.17) is 5.11 Å². The molecule has 1 saturated carbocycles. The molecular weight excluding hydrogens is 365 g/mol. The van der Waals surface area contributed by atoms with Crippen molar-refractivity contribution < 1.29 is 22.7 Å². The fourth-order valence-electron chi connectivity index (χ4n) is 2.52. The van der Waals surface area contributed by atoms with Crippen LogP contribution < -0.4 is 4.72 Å². The summed E-state index contributed by atoms with van der Waals surface area (Å²) >= 11 is 3.06. The number of halogens is 2. The quantitative estimate of drug-likeness (QED) is 0.841. The predicted molar refractivity (Wildman–Crippen MR) is 77.8 cm³/mol. The van der Waals surface area contributed by atoms with E-state index in [0.717, 1.165) is 25.0 Å². The van der Waals surface area contributed by atoms with Gasteiger partial charge in [0.05, 0.1) is 5.92 Å². The molecular formula is C13H15BrFNO4S. The molecule has 2 unspecified atom stereocenters. The van der Waals surface area contributed by atoms with E-state index in [1.54, 1.807) is 0 Å². The van der Waals surface area contributed by atoms with Crippen LogP contribution in [0, 0.1) is 11.7 Å². The van der Waals surface area contributed by atoms with Crippen molar-refractivity contribution in [1.29, 1.82) is 0 Å². The third-order valence-corrected chi connectivity index (χ3v) is 5.59. The van der Waals surface area contributed by atoms with E-state index in [0.29, 0.717) is 17.3 Å². The highest BCUT2D eigenvalue weighted by Gasteiger charge is 2.34. The van der Waals surface area contributed by atoms with E-state index in [2.05, 4.69) is 20.7 Å². The van der Waals surface area contributed by atoms with Gasteiger partial charge in [-0.2, -0.15) is 0 Å². The van der Waals surface area contributed by atoms with Gasteiger partial charge in [0.15, 0.2) is 0 Å². The first kappa shape index (κ1) is 16.4. The topological polar surface area (TPSA) is 83.5 Å². The van der Waals surface area contributed by atoms with Gasteiger partial charge in [0.2, 0.25) is 10.0 Å². The maximum atomic E-state index is 13.8. The van der Waals surface area contributed by atoms with Crippen molar-refractivity contribution >= 4 is 31.9 Å². The Hall–Kier alpha value is -0.990. The number of carboxylic acid groups (broad SMARTS) is 1. The Labute approximate surface area is 130 Å². The average Bonchev–Trinajstić information content (AvgIpc) is 2.37. The molecule has 8 heteroatoms. The van der Waals surface area contributed by atoms with Crippen molar-refractivity contribution in [3.8, 4) is 0 Å². The molecule has 0 heterocycles. The second-order valence-electron chi connectivity index (χ2n) is 5.03. The number of carbonyl (C=O) groups is 1. The Bertz CT molecular complexity index is 650. The molecule has 21 heavy (non-hydrogen) atoms. The minimum Gasteiger partial charge on any atom is -0.481 e. The van der Waals surface area contributed by atoms with Gasteiger partial charge in [-0.1, -0.05) is 28.8 Å². The van der Waals surface area contributed by atoms with Gasteiger partial charge in [0, 0.05) is 10.5 Å². The monoisotopic (exact) mass is 379 g/mol. The number of aliphatic carboxylic acids is 1. The lowest BCUT2D eigenvalue weighted by Gasteiger charge is -2.29. The SMILES string of the molecule is O=C(O)C1CCCCC1NS(=O)(=O)c1ccc(Br)cc1F. The molecule has 0 aromatic heterocycles. The summed E-state index contributed by atoms with van der Waals surface area (Å²) in [6.07, 6.45) is 2.36. The van der Waals surface area contributed by atoms with Crippen LogP contribution in [0.5, 0.6) is 0 Å². The molecule has 2 atom stereocenters. The lowest BCUT2D eigenvalue weighted by atomic mass is 9.85. The molecule has 0 radical (unpaired) electrons. The highest BCUT2D eigenvalue weighted by atomic mass is 79.9. The number of carboxylic acids is 1. The lowest BCUT2D eigenvalue weighted by molar-refractivity contribution is -0.143. The third-order valence-electron chi connectivity index (χ3n) is 3.57. The first-order valence-electron chi connectivity index (χ1n) is 6.51. The maximum Gasteiger partial charge on any atom is 0.308 e. The van der Waals surface area contributed by atoms with E-state index in [9.17, 15) is 17.6 Å². The van der Waals surface area contributed by atoms with E-state index >= 15 is 0 Å². The summed E-state index contributed by atoms with van der Waals surface area (Å²) in [4.78, 5) is 10.7. The standard InChI is InChI=1S/C13H15BrFNO4S/c14-8-5-6-12(10(15)7-8)21(19,20)16-11-4-2-1-3-9(11)13(17)18/h5-7,9,11,16H,1-4H2,(H,17,18). The van der Waals surface area contributed by atoms with Crippen LogP contribution >= 0.6 is 15.9 Å². The predicted octanol–water partition coefficient (Wildman–Crippen LogP) is 2.51. The Morgan fingerprint density at radius 1 is 1.33 bits per heavy atom. The van der Waals surface area contributed by atoms with Gasteiger partial charge in [-0.15, -0.1) is 0 Å². The average molecular weight is 380 g/mol. The molecule has 0 spiro atoms. The zero-order valence-electron chi connectivity index (χ0n) is 11.1. The summed E-state index contributed by atoms with van der Waals surface area (Å²) < 4.78 is 41.0. The van der Waals surface area contributed by atoms with Gasteiger partial charge < -0.3 is 5.11 Å². The molecule has 0 aliphatic heterocycles. The van der Waals surface area contributed by atoms with Crippen LogP contribution in [0.1, 0.15) is 25.7 Å². The Kier molecular flexibility index (Phi) is 5.00. The van der Waals surface area contributed by atoms with Gasteiger partial charge in [0.25, 0.3) is 0 Å². The fourth-order valence-corrected chi connectivity index (χ4v) is 4.23. The molecule has 0 saturated heterocycles. The summed E-state index contributed by atoms with van der Waals surface area (Å²) in [5.41, 5.74) is 0. The minimum absolute atomic E-state index is 0.422. The van der Waals surface area contributed by atoms with Gasteiger partial charge >= 0.3 is 5.97 Å². The number of benzene rings is 1. The van der Waals surface area contributed by atoms with E-state index in [1.165, 1.54) is 6.07 Å². The Balaban J connectivity index is 2.25. The van der Waals surface area contributed by atoms with Crippen LogP contribution in [0.4, 0.5) is 4.39 Å². The van der Waals surface area contributed by atoms with Crippen LogP contribution in [0.25, 0.3) is 0 Å². The minimum atomic E-state index is -4.08. The molecule has 1 fully saturated rings. The largest absolute Gasteiger partial charge is 0.481 e. The normalized spacial score (nSPS) is 23.0. The number of hydrogen-bond donors (Lipinski definition) is 2. The molecule has 1 aliphatic rings. The summed E-state index contributed by atoms with van der Waals surface area (Å²) in [5, 5.41) is 9.15. The molecule has 1 aromatic rings. The van der Waals surface area contributed by atoms with Crippen molar-refractivity contribution in [2.45, 2.75) is 36.6 Å². The summed E-state index contributed by atoms with van der Waals surface area (Å²) in [6, 6.07) is 2.93. The van der Waals surface area contributed by atoms with Gasteiger partial charge in [-0.05, 0) is 31.0 Å². The van der Waals surface area contributed by atoms with Crippen molar-refractivity contribution in [3.63, 3.8) is 0 Å². The third kappa shape index (κ3) is 3.81. The number of hydrogen-bond acceptors (Lipinski definition) is 3. The van der Waals surface area contributed by atoms with Crippen LogP contribution in [-0.4, -0.2) is 25.5 Å². The summed E-state index contributed by atoms with van der Waals surface area (Å²) in [6.45, 7) is 0. The molecule has 2 N–H and O–H groups in total. The van der Waals surface area contributed by atoms with Crippen LogP contribution in [0.3, 0.4) is 0 Å². The molecule has 1 aromatic carbocycles. The second kappa shape index (κ2) is 6.41. The van der Waals surface area contributed by atoms with Crippen molar-refractivity contribution in [2.24, 2.45) is 5.92 Å². The molecule has 0 amide bonds. The van der Waals surface area contributed by atoms with Crippen LogP contribution in [0.15, 0.2) is 27.6 Å². The molecule has 2 rings (SSSR count). The zero-order chi connectivity index (χ0) is 15.6. The highest BCUT2D eigenvalue weighted by Crippen LogP contribution is 2.27. The Morgan fingerprint density at radius 2 is 2.00 bits per heavy atom. The van der Waals surface area contributed by atoms with Crippen molar-refractivity contribution in [1.82, 2.24) is 4.72 Å². The highest BCUT2D eigenvalue weighted by molar-refractivity contribution is 9.10. The van der Waals surface area contributed by atoms with E-state index in [-0.39, 0.29) is 0 Å². The Morgan fingerprint density at radius 3 is 2.62 bits per heavy atom. The zero-order valence-corrected chi connectivity index (χ0v) is 13.5. The summed E-state index contributed by atoms with van der Waals surface area (Å²) in [5.74, 6) is -2.68. The first-order chi connectivity index (χ1) is 9.81. The molecule has 1 aliphatic carbocycles. The number of nitrogens with one attached hydrogen (secondary N) is 1. The number of sulfonamides is 1. The molecule has 116 valence electrons. The number of rotatable bonds is 4. The molecule has 0 bridgehead atoms. The van der Waals surface area contributed by atoms with Gasteiger partial charge in [0.1, 0.15) is 10.7 Å². The first-order valence-corrected chi connectivity index (χ1v) is 8.79. The smallest absolute Gasteiger partial charge is 0.308 e. The van der Waals surface area contributed by atoms with Crippen molar-refractivity contribution in [2.75, 3.05) is 0 Å². The van der Waals surface area contributed by atoms with E-state index < -0.39 is 38.7 Å². The van der Waals surface area contributed by atoms with E-state index in [1.807, 2.05) is 0 Å². The van der Waals surface area contributed by atoms with Gasteiger partial charge in [-0.3, -0.25) is 4.79 Å². The molecule has 5 nitrogen and oxygen atoms in total. The van der Waals surface area contributed by atoms with Crippen LogP contribution in [-0.2, 0) is 14.8 Å². The second-order valence-corrected chi connectivity index (χ2v) is 7.63. The van der Waals surface area contributed by atoms with Gasteiger partial charge in [-0.25, -0.2) is 17.5 Å². The lowest BCUT2D eigenvalue weighted by Crippen LogP contribution is -2.45.